The third-order valence-corrected chi connectivity index (χ3v) is 7.22. The van der Waals surface area contributed by atoms with Gasteiger partial charge in [-0.1, -0.05) is 6.42 Å². The summed E-state index contributed by atoms with van der Waals surface area (Å²) in [6, 6.07) is 0.756. The molecule has 2 N–H and O–H groups in total. The molecule has 164 valence electrons. The summed E-state index contributed by atoms with van der Waals surface area (Å²) in [6.07, 6.45) is 7.80. The third-order valence-electron chi connectivity index (χ3n) is 6.40. The number of aryl methyl sites for hydroxylation is 1. The summed E-state index contributed by atoms with van der Waals surface area (Å²) >= 11 is 1.75. The third kappa shape index (κ3) is 7.54. The Morgan fingerprint density at radius 2 is 2.03 bits per heavy atom. The highest BCUT2D eigenvalue weighted by atomic mass is 32.1. The van der Waals surface area contributed by atoms with E-state index in [0.717, 1.165) is 37.6 Å². The number of nitrogens with zero attached hydrogens (tertiary/aromatic N) is 4. The summed E-state index contributed by atoms with van der Waals surface area (Å²) in [7, 11) is 1.88. The van der Waals surface area contributed by atoms with Crippen LogP contribution in [0.4, 0.5) is 0 Å². The number of aromatic nitrogens is 1. The highest BCUT2D eigenvalue weighted by Crippen LogP contribution is 2.19. The van der Waals surface area contributed by atoms with Crippen molar-refractivity contribution in [1.82, 2.24) is 25.4 Å². The Balaban J connectivity index is 1.27. The minimum Gasteiger partial charge on any atom is -0.356 e. The maximum absolute atomic E-state index is 4.60. The van der Waals surface area contributed by atoms with Gasteiger partial charge in [0.2, 0.25) is 0 Å². The number of piperidine rings is 2. The van der Waals surface area contributed by atoms with Crippen molar-refractivity contribution in [2.75, 3.05) is 46.3 Å². The molecule has 7 heteroatoms. The van der Waals surface area contributed by atoms with Crippen LogP contribution in [0.5, 0.6) is 0 Å². The Kier molecular flexibility index (Phi) is 9.21. The molecule has 3 rings (SSSR count). The largest absolute Gasteiger partial charge is 0.356 e. The van der Waals surface area contributed by atoms with Gasteiger partial charge >= 0.3 is 0 Å². The summed E-state index contributed by atoms with van der Waals surface area (Å²) < 4.78 is 0. The molecule has 6 nitrogen and oxygen atoms in total. The van der Waals surface area contributed by atoms with Crippen LogP contribution < -0.4 is 10.6 Å². The van der Waals surface area contributed by atoms with Gasteiger partial charge in [0.15, 0.2) is 5.96 Å². The topological polar surface area (TPSA) is 55.8 Å². The Morgan fingerprint density at radius 3 is 2.72 bits per heavy atom. The molecule has 29 heavy (non-hydrogen) atoms. The number of aliphatic imine (C=N–C) groups is 1. The molecule has 0 aromatic carbocycles. The minimum atomic E-state index is 0.733. The summed E-state index contributed by atoms with van der Waals surface area (Å²) in [6.45, 7) is 12.3. The zero-order chi connectivity index (χ0) is 20.5. The lowest BCUT2D eigenvalue weighted by molar-refractivity contribution is 0.159. The van der Waals surface area contributed by atoms with Gasteiger partial charge in [0.25, 0.3) is 0 Å². The van der Waals surface area contributed by atoms with Crippen molar-refractivity contribution in [2.45, 2.75) is 65.0 Å². The normalized spacial score (nSPS) is 22.7. The smallest absolute Gasteiger partial charge is 0.190 e. The van der Waals surface area contributed by atoms with E-state index in [4.69, 9.17) is 0 Å². The van der Waals surface area contributed by atoms with Crippen LogP contribution in [0.15, 0.2) is 10.4 Å². The van der Waals surface area contributed by atoms with Crippen molar-refractivity contribution < 1.29 is 0 Å². The molecule has 2 aliphatic rings. The number of rotatable bonds is 8. The van der Waals surface area contributed by atoms with E-state index >= 15 is 0 Å². The molecule has 2 aliphatic heterocycles. The monoisotopic (exact) mass is 420 g/mol. The van der Waals surface area contributed by atoms with Crippen molar-refractivity contribution in [1.29, 1.82) is 0 Å². The van der Waals surface area contributed by atoms with E-state index in [1.807, 2.05) is 7.05 Å². The van der Waals surface area contributed by atoms with Crippen LogP contribution in [0.1, 0.15) is 56.2 Å². The highest BCUT2D eigenvalue weighted by molar-refractivity contribution is 7.09. The van der Waals surface area contributed by atoms with Crippen molar-refractivity contribution in [2.24, 2.45) is 10.9 Å². The maximum Gasteiger partial charge on any atom is 0.190 e. The lowest BCUT2D eigenvalue weighted by Gasteiger charge is -2.33. The zero-order valence-electron chi connectivity index (χ0n) is 18.6. The van der Waals surface area contributed by atoms with Crippen molar-refractivity contribution in [3.8, 4) is 0 Å². The molecule has 0 bridgehead atoms. The van der Waals surface area contributed by atoms with E-state index in [-0.39, 0.29) is 0 Å². The SMILES string of the molecule is CN=C(NCCCN1CCCCC1C)NCC1CCN(Cc2csc(C)n2)CC1. The number of hydrogen-bond acceptors (Lipinski definition) is 5. The van der Waals surface area contributed by atoms with Crippen molar-refractivity contribution >= 4 is 17.3 Å². The number of nitrogens with one attached hydrogen (secondary N) is 2. The number of likely N-dealkylation sites (tertiary alicyclic amines) is 2. The van der Waals surface area contributed by atoms with Gasteiger partial charge in [-0.3, -0.25) is 9.89 Å². The van der Waals surface area contributed by atoms with Crippen LogP contribution in [0.3, 0.4) is 0 Å². The molecule has 2 saturated heterocycles. The van der Waals surface area contributed by atoms with Gasteiger partial charge in [0.1, 0.15) is 0 Å². The lowest BCUT2D eigenvalue weighted by atomic mass is 9.97. The molecule has 0 aliphatic carbocycles. The molecule has 0 saturated carbocycles. The summed E-state index contributed by atoms with van der Waals surface area (Å²) in [4.78, 5) is 14.2. The van der Waals surface area contributed by atoms with Crippen LogP contribution in [-0.4, -0.2) is 73.1 Å². The Hall–Kier alpha value is -1.18. The van der Waals surface area contributed by atoms with E-state index in [2.05, 4.69) is 49.6 Å². The molecule has 0 spiro atoms. The molecule has 0 radical (unpaired) electrons. The zero-order valence-corrected chi connectivity index (χ0v) is 19.4. The first-order valence-corrected chi connectivity index (χ1v) is 12.3. The Bertz CT molecular complexity index is 623. The second-order valence-corrected chi connectivity index (χ2v) is 9.75. The first kappa shape index (κ1) is 22.5. The molecule has 1 atom stereocenters. The van der Waals surface area contributed by atoms with E-state index in [9.17, 15) is 0 Å². The van der Waals surface area contributed by atoms with E-state index < -0.39 is 0 Å². The van der Waals surface area contributed by atoms with Crippen LogP contribution in [-0.2, 0) is 6.54 Å². The summed E-state index contributed by atoms with van der Waals surface area (Å²) in [5.41, 5.74) is 1.23. The van der Waals surface area contributed by atoms with E-state index in [0.29, 0.717) is 0 Å². The Morgan fingerprint density at radius 1 is 1.21 bits per heavy atom. The molecule has 3 heterocycles. The van der Waals surface area contributed by atoms with E-state index in [1.54, 1.807) is 11.3 Å². The van der Waals surface area contributed by atoms with Gasteiger partial charge in [-0.2, -0.15) is 0 Å². The fraction of sp³-hybridized carbons (Fsp3) is 0.818. The second-order valence-electron chi connectivity index (χ2n) is 8.69. The summed E-state index contributed by atoms with van der Waals surface area (Å²) in [5, 5.41) is 10.4. The molecular formula is C22H40N6S. The minimum absolute atomic E-state index is 0.733. The average Bonchev–Trinajstić information content (AvgIpc) is 3.14. The highest BCUT2D eigenvalue weighted by Gasteiger charge is 2.20. The van der Waals surface area contributed by atoms with Gasteiger partial charge in [-0.15, -0.1) is 11.3 Å². The number of hydrogen-bond donors (Lipinski definition) is 2. The van der Waals surface area contributed by atoms with Gasteiger partial charge in [0, 0.05) is 44.6 Å². The van der Waals surface area contributed by atoms with Crippen LogP contribution in [0.25, 0.3) is 0 Å². The standard InChI is InChI=1S/C22H40N6S/c1-18-7-4-5-11-28(18)12-6-10-24-22(23-3)25-15-20-8-13-27(14-9-20)16-21-17-29-19(2)26-21/h17-18,20H,4-16H2,1-3H3,(H2,23,24,25). The fourth-order valence-electron chi connectivity index (χ4n) is 4.50. The number of thiazole rings is 1. The van der Waals surface area contributed by atoms with Gasteiger partial charge in [-0.25, -0.2) is 4.98 Å². The quantitative estimate of drug-likeness (QED) is 0.384. The predicted octanol–water partition coefficient (Wildman–Crippen LogP) is 3.09. The first-order chi connectivity index (χ1) is 14.1. The van der Waals surface area contributed by atoms with Gasteiger partial charge in [0.05, 0.1) is 10.7 Å². The average molecular weight is 421 g/mol. The Labute approximate surface area is 181 Å². The maximum atomic E-state index is 4.60. The van der Waals surface area contributed by atoms with Crippen molar-refractivity contribution in [3.63, 3.8) is 0 Å². The second kappa shape index (κ2) is 11.9. The molecule has 1 unspecified atom stereocenters. The van der Waals surface area contributed by atoms with Gasteiger partial charge < -0.3 is 15.5 Å². The van der Waals surface area contributed by atoms with E-state index in [1.165, 1.54) is 75.4 Å². The van der Waals surface area contributed by atoms with Crippen molar-refractivity contribution in [3.05, 3.63) is 16.1 Å². The van der Waals surface area contributed by atoms with Crippen LogP contribution in [0.2, 0.25) is 0 Å². The first-order valence-electron chi connectivity index (χ1n) is 11.5. The fourth-order valence-corrected chi connectivity index (χ4v) is 5.10. The lowest BCUT2D eigenvalue weighted by Crippen LogP contribution is -2.44. The molecular weight excluding hydrogens is 380 g/mol. The molecule has 2 fully saturated rings. The summed E-state index contributed by atoms with van der Waals surface area (Å²) in [5.74, 6) is 1.69. The predicted molar refractivity (Wildman–Crippen MR) is 124 cm³/mol. The van der Waals surface area contributed by atoms with Crippen LogP contribution in [0, 0.1) is 12.8 Å². The molecule has 1 aromatic rings. The van der Waals surface area contributed by atoms with Gasteiger partial charge in [-0.05, 0) is 71.5 Å². The molecule has 0 amide bonds. The number of guanidine groups is 1. The van der Waals surface area contributed by atoms with Crippen LogP contribution >= 0.6 is 11.3 Å². The molecule has 1 aromatic heterocycles.